The maximum atomic E-state index is 12.7. The first kappa shape index (κ1) is 17.5. The van der Waals surface area contributed by atoms with Crippen LogP contribution < -0.4 is 4.74 Å². The summed E-state index contributed by atoms with van der Waals surface area (Å²) in [6, 6.07) is 7.29. The Morgan fingerprint density at radius 2 is 1.48 bits per heavy atom. The van der Waals surface area contributed by atoms with Crippen LogP contribution in [0.2, 0.25) is 5.02 Å². The summed E-state index contributed by atoms with van der Waals surface area (Å²) >= 11 is 5.97. The number of benzene rings is 2. The van der Waals surface area contributed by atoms with Gasteiger partial charge >= 0.3 is 12.4 Å². The fourth-order valence-electron chi connectivity index (χ4n) is 2.20. The third-order valence-corrected chi connectivity index (χ3v) is 3.68. The van der Waals surface area contributed by atoms with Crippen molar-refractivity contribution in [2.45, 2.75) is 12.4 Å². The van der Waals surface area contributed by atoms with Crippen LogP contribution in [0.15, 0.2) is 42.5 Å². The molecule has 3 aromatic rings. The predicted molar refractivity (Wildman–Crippen MR) is 79.8 cm³/mol. The Labute approximate surface area is 142 Å². The van der Waals surface area contributed by atoms with Crippen LogP contribution in [0.1, 0.15) is 11.3 Å². The van der Waals surface area contributed by atoms with Crippen molar-refractivity contribution >= 4 is 22.5 Å². The van der Waals surface area contributed by atoms with Crippen molar-refractivity contribution in [3.8, 4) is 11.5 Å². The standard InChI is InChI=1S/C16H8ClF6NO/c17-11-7-12-8(6-14(24-12)16(21,22)23)5-13(11)25-10-3-1-9(2-4-10)15(18,19)20/h1-7,24H. The summed E-state index contributed by atoms with van der Waals surface area (Å²) in [7, 11) is 0. The molecule has 132 valence electrons. The van der Waals surface area contributed by atoms with Gasteiger partial charge in [-0.25, -0.2) is 0 Å². The molecule has 9 heteroatoms. The minimum Gasteiger partial charge on any atom is -0.456 e. The monoisotopic (exact) mass is 379 g/mol. The lowest BCUT2D eigenvalue weighted by Crippen LogP contribution is -2.04. The molecule has 0 fully saturated rings. The van der Waals surface area contributed by atoms with Crippen LogP contribution >= 0.6 is 11.6 Å². The highest BCUT2D eigenvalue weighted by atomic mass is 35.5. The highest BCUT2D eigenvalue weighted by molar-refractivity contribution is 6.32. The second kappa shape index (κ2) is 5.87. The first-order chi connectivity index (χ1) is 11.5. The summed E-state index contributed by atoms with van der Waals surface area (Å²) in [5.41, 5.74) is -1.62. The minimum absolute atomic E-state index is 0.0166. The number of aromatic amines is 1. The van der Waals surface area contributed by atoms with Crippen LogP contribution in [-0.2, 0) is 12.4 Å². The number of nitrogens with one attached hydrogen (secondary N) is 1. The van der Waals surface area contributed by atoms with Crippen molar-refractivity contribution in [3.63, 3.8) is 0 Å². The molecule has 1 aromatic heterocycles. The topological polar surface area (TPSA) is 25.0 Å². The molecule has 25 heavy (non-hydrogen) atoms. The second-order valence-electron chi connectivity index (χ2n) is 5.17. The van der Waals surface area contributed by atoms with E-state index in [1.165, 1.54) is 12.1 Å². The largest absolute Gasteiger partial charge is 0.456 e. The van der Waals surface area contributed by atoms with Crippen molar-refractivity contribution in [3.05, 3.63) is 58.7 Å². The minimum atomic E-state index is -4.54. The third-order valence-electron chi connectivity index (χ3n) is 3.39. The van der Waals surface area contributed by atoms with Crippen molar-refractivity contribution in [1.29, 1.82) is 0 Å². The van der Waals surface area contributed by atoms with Gasteiger partial charge in [0.1, 0.15) is 17.2 Å². The molecular formula is C16H8ClF6NO. The normalized spacial score (nSPS) is 12.6. The molecule has 0 aliphatic heterocycles. The molecule has 0 saturated carbocycles. The first-order valence-electron chi connectivity index (χ1n) is 6.78. The molecule has 0 aliphatic carbocycles. The molecule has 0 atom stereocenters. The summed E-state index contributed by atoms with van der Waals surface area (Å²) in [5, 5.41) is 0.224. The van der Waals surface area contributed by atoms with E-state index in [1.54, 1.807) is 0 Å². The molecule has 0 radical (unpaired) electrons. The van der Waals surface area contributed by atoms with Crippen LogP contribution in [0.25, 0.3) is 10.9 Å². The van der Waals surface area contributed by atoms with Crippen LogP contribution in [0, 0.1) is 0 Å². The van der Waals surface area contributed by atoms with Crippen molar-refractivity contribution < 1.29 is 31.1 Å². The number of fused-ring (bicyclic) bond motifs is 1. The van der Waals surface area contributed by atoms with E-state index in [1.807, 2.05) is 0 Å². The molecule has 2 aromatic carbocycles. The molecule has 0 aliphatic rings. The smallest absolute Gasteiger partial charge is 0.431 e. The van der Waals surface area contributed by atoms with E-state index in [0.29, 0.717) is 0 Å². The highest BCUT2D eigenvalue weighted by Gasteiger charge is 2.33. The van der Waals surface area contributed by atoms with Gasteiger partial charge in [0.05, 0.1) is 10.6 Å². The summed E-state index contributed by atoms with van der Waals surface area (Å²) in [6.45, 7) is 0. The number of hydrogen-bond acceptors (Lipinski definition) is 1. The number of aromatic nitrogens is 1. The van der Waals surface area contributed by atoms with E-state index >= 15 is 0 Å². The molecule has 2 nitrogen and oxygen atoms in total. The zero-order valence-electron chi connectivity index (χ0n) is 12.1. The van der Waals surface area contributed by atoms with Gasteiger partial charge in [-0.05, 0) is 42.5 Å². The Hall–Kier alpha value is -2.35. The van der Waals surface area contributed by atoms with Gasteiger partial charge in [0.2, 0.25) is 0 Å². The highest BCUT2D eigenvalue weighted by Crippen LogP contribution is 2.37. The number of rotatable bonds is 2. The Morgan fingerprint density at radius 1 is 0.840 bits per heavy atom. The average molecular weight is 380 g/mol. The predicted octanol–water partition coefficient (Wildman–Crippen LogP) is 6.65. The second-order valence-corrected chi connectivity index (χ2v) is 5.58. The van der Waals surface area contributed by atoms with Crippen molar-refractivity contribution in [2.75, 3.05) is 0 Å². The quantitative estimate of drug-likeness (QED) is 0.495. The van der Waals surface area contributed by atoms with Gasteiger partial charge in [-0.2, -0.15) is 26.3 Å². The number of hydrogen-bond donors (Lipinski definition) is 1. The summed E-state index contributed by atoms with van der Waals surface area (Å²) < 4.78 is 81.1. The SMILES string of the molecule is FC(F)(F)c1ccc(Oc2cc3cc(C(F)(F)F)[nH]c3cc2Cl)cc1. The Bertz CT molecular complexity index is 911. The Kier molecular flexibility index (Phi) is 4.10. The van der Waals surface area contributed by atoms with Gasteiger partial charge in [0.25, 0.3) is 0 Å². The van der Waals surface area contributed by atoms with Gasteiger partial charge in [-0.1, -0.05) is 11.6 Å². The lowest BCUT2D eigenvalue weighted by atomic mass is 10.2. The van der Waals surface area contributed by atoms with Crippen molar-refractivity contribution in [1.82, 2.24) is 4.98 Å². The molecule has 0 bridgehead atoms. The van der Waals surface area contributed by atoms with Gasteiger partial charge in [-0.15, -0.1) is 0 Å². The first-order valence-corrected chi connectivity index (χ1v) is 7.16. The van der Waals surface area contributed by atoms with E-state index in [-0.39, 0.29) is 27.4 Å². The fraction of sp³-hybridized carbons (Fsp3) is 0.125. The lowest BCUT2D eigenvalue weighted by molar-refractivity contribution is -0.140. The lowest BCUT2D eigenvalue weighted by Gasteiger charge is -2.10. The molecule has 0 amide bonds. The summed E-state index contributed by atoms with van der Waals surface area (Å²) in [4.78, 5) is 2.20. The number of ether oxygens (including phenoxy) is 1. The molecule has 0 spiro atoms. The summed E-state index contributed by atoms with van der Waals surface area (Å²) in [6.07, 6.45) is -9.02. The number of alkyl halides is 6. The fourth-order valence-corrected chi connectivity index (χ4v) is 2.41. The number of H-pyrrole nitrogens is 1. The van der Waals surface area contributed by atoms with Crippen LogP contribution in [-0.4, -0.2) is 4.98 Å². The molecule has 0 unspecified atom stereocenters. The van der Waals surface area contributed by atoms with Gasteiger partial charge in [0, 0.05) is 10.9 Å². The summed E-state index contributed by atoms with van der Waals surface area (Å²) in [5.74, 6) is 0.0995. The van der Waals surface area contributed by atoms with Gasteiger partial charge in [-0.3, -0.25) is 0 Å². The van der Waals surface area contributed by atoms with Crippen LogP contribution in [0.4, 0.5) is 26.3 Å². The zero-order chi connectivity index (χ0) is 18.4. The Balaban J connectivity index is 1.92. The molecule has 0 saturated heterocycles. The van der Waals surface area contributed by atoms with Gasteiger partial charge < -0.3 is 9.72 Å². The number of halogens is 7. The Morgan fingerprint density at radius 3 is 2.04 bits per heavy atom. The van der Waals surface area contributed by atoms with E-state index in [0.717, 1.165) is 30.3 Å². The molecule has 1 heterocycles. The molecular weight excluding hydrogens is 372 g/mol. The zero-order valence-corrected chi connectivity index (χ0v) is 12.9. The van der Waals surface area contributed by atoms with E-state index < -0.39 is 23.6 Å². The van der Waals surface area contributed by atoms with Crippen molar-refractivity contribution in [2.24, 2.45) is 0 Å². The van der Waals surface area contributed by atoms with Crippen LogP contribution in [0.5, 0.6) is 11.5 Å². The maximum Gasteiger partial charge on any atom is 0.431 e. The van der Waals surface area contributed by atoms with E-state index in [4.69, 9.17) is 16.3 Å². The van der Waals surface area contributed by atoms with E-state index in [9.17, 15) is 26.3 Å². The van der Waals surface area contributed by atoms with E-state index in [2.05, 4.69) is 4.98 Å². The van der Waals surface area contributed by atoms with Crippen LogP contribution in [0.3, 0.4) is 0 Å². The average Bonchev–Trinajstić information content (AvgIpc) is 2.90. The third kappa shape index (κ3) is 3.68. The molecule has 1 N–H and O–H groups in total. The van der Waals surface area contributed by atoms with Gasteiger partial charge in [0.15, 0.2) is 0 Å². The maximum absolute atomic E-state index is 12.7. The molecule has 3 rings (SSSR count).